The summed E-state index contributed by atoms with van der Waals surface area (Å²) in [6.07, 6.45) is 3.82. The minimum absolute atomic E-state index is 0.104. The average Bonchev–Trinajstić information content (AvgIpc) is 3.17. The van der Waals surface area contributed by atoms with E-state index in [1.807, 2.05) is 22.2 Å². The molecular weight excluding hydrogens is 363 g/mol. The van der Waals surface area contributed by atoms with Crippen molar-refractivity contribution < 1.29 is 17.0 Å². The molecule has 0 bridgehead atoms. The van der Waals surface area contributed by atoms with Crippen LogP contribution in [0.2, 0.25) is 0 Å². The van der Waals surface area contributed by atoms with Crippen LogP contribution in [0.25, 0.3) is 16.2 Å². The molecule has 0 radical (unpaired) electrons. The molecule has 2 aromatic carbocycles. The van der Waals surface area contributed by atoms with Gasteiger partial charge in [0.2, 0.25) is 0 Å². The Labute approximate surface area is 147 Å². The minimum Gasteiger partial charge on any atom is -0.379 e. The van der Waals surface area contributed by atoms with Crippen LogP contribution in [0.3, 0.4) is 0 Å². The predicted octanol–water partition coefficient (Wildman–Crippen LogP) is 3.97. The molecule has 25 heavy (non-hydrogen) atoms. The lowest BCUT2D eigenvalue weighted by Crippen LogP contribution is -2.09. The molecule has 4 rings (SSSR count). The van der Waals surface area contributed by atoms with Gasteiger partial charge in [0.25, 0.3) is 0 Å². The molecule has 0 aliphatic carbocycles. The van der Waals surface area contributed by atoms with Gasteiger partial charge in [0.15, 0.2) is 4.96 Å². The van der Waals surface area contributed by atoms with Crippen molar-refractivity contribution >= 4 is 26.4 Å². The summed E-state index contributed by atoms with van der Waals surface area (Å²) >= 11 is 1.53. The first-order chi connectivity index (χ1) is 12.0. The second kappa shape index (κ2) is 5.98. The fourth-order valence-electron chi connectivity index (χ4n) is 2.32. The SMILES string of the molecule is O=S(=O)(Oc1ccc(-c2cn3ccsc3n2)cc1)c1ccc(F)cc1. The number of hydrogen-bond donors (Lipinski definition) is 0. The average molecular weight is 374 g/mol. The molecule has 0 atom stereocenters. The van der Waals surface area contributed by atoms with E-state index in [2.05, 4.69) is 4.98 Å². The molecule has 0 amide bonds. The molecule has 126 valence electrons. The molecule has 2 heterocycles. The molecule has 0 saturated carbocycles. The molecule has 0 spiro atoms. The van der Waals surface area contributed by atoms with Crippen LogP contribution in [-0.2, 0) is 10.1 Å². The Hall–Kier alpha value is -2.71. The van der Waals surface area contributed by atoms with E-state index in [0.717, 1.165) is 40.5 Å². The number of thiazole rings is 1. The topological polar surface area (TPSA) is 60.7 Å². The van der Waals surface area contributed by atoms with Gasteiger partial charge in [-0.25, -0.2) is 9.37 Å². The van der Waals surface area contributed by atoms with Crippen molar-refractivity contribution in [2.75, 3.05) is 0 Å². The van der Waals surface area contributed by atoms with Crippen molar-refractivity contribution in [3.05, 3.63) is 72.1 Å². The number of imidazole rings is 1. The van der Waals surface area contributed by atoms with E-state index < -0.39 is 15.9 Å². The van der Waals surface area contributed by atoms with Gasteiger partial charge in [-0.15, -0.1) is 11.3 Å². The van der Waals surface area contributed by atoms with Crippen LogP contribution in [0.4, 0.5) is 4.39 Å². The summed E-state index contributed by atoms with van der Waals surface area (Å²) < 4.78 is 44.3. The second-order valence-corrected chi connectivity index (χ2v) is 7.65. The van der Waals surface area contributed by atoms with E-state index in [-0.39, 0.29) is 10.6 Å². The molecule has 8 heteroatoms. The summed E-state index contributed by atoms with van der Waals surface area (Å²) in [5.74, 6) is -0.336. The summed E-state index contributed by atoms with van der Waals surface area (Å²) in [5.41, 5.74) is 1.64. The fraction of sp³-hybridized carbons (Fsp3) is 0. The van der Waals surface area contributed by atoms with Crippen molar-refractivity contribution in [1.82, 2.24) is 9.38 Å². The Balaban J connectivity index is 1.57. The van der Waals surface area contributed by atoms with Crippen LogP contribution in [0.5, 0.6) is 5.75 Å². The lowest BCUT2D eigenvalue weighted by molar-refractivity contribution is 0.486. The molecule has 0 aliphatic heterocycles. The van der Waals surface area contributed by atoms with Crippen LogP contribution in [-0.4, -0.2) is 17.8 Å². The van der Waals surface area contributed by atoms with Gasteiger partial charge in [0, 0.05) is 23.3 Å². The largest absolute Gasteiger partial charge is 0.379 e. The van der Waals surface area contributed by atoms with E-state index in [4.69, 9.17) is 4.18 Å². The highest BCUT2D eigenvalue weighted by Gasteiger charge is 2.16. The maximum absolute atomic E-state index is 12.9. The minimum atomic E-state index is -4.00. The number of halogens is 1. The third kappa shape index (κ3) is 3.13. The van der Waals surface area contributed by atoms with Crippen molar-refractivity contribution in [2.24, 2.45) is 0 Å². The smallest absolute Gasteiger partial charge is 0.339 e. The van der Waals surface area contributed by atoms with Gasteiger partial charge in [-0.2, -0.15) is 8.42 Å². The maximum atomic E-state index is 12.9. The number of hydrogen-bond acceptors (Lipinski definition) is 5. The van der Waals surface area contributed by atoms with Crippen molar-refractivity contribution in [1.29, 1.82) is 0 Å². The van der Waals surface area contributed by atoms with Crippen molar-refractivity contribution in [3.63, 3.8) is 0 Å². The third-order valence-corrected chi connectivity index (χ3v) is 5.58. The van der Waals surface area contributed by atoms with E-state index in [1.54, 1.807) is 24.3 Å². The number of aromatic nitrogens is 2. The lowest BCUT2D eigenvalue weighted by atomic mass is 10.2. The molecule has 0 fully saturated rings. The normalized spacial score (nSPS) is 11.7. The number of benzene rings is 2. The molecule has 4 aromatic rings. The van der Waals surface area contributed by atoms with Gasteiger partial charge >= 0.3 is 10.1 Å². The first kappa shape index (κ1) is 15.8. The molecule has 0 saturated heterocycles. The highest BCUT2D eigenvalue weighted by Crippen LogP contribution is 2.25. The Morgan fingerprint density at radius 2 is 1.76 bits per heavy atom. The summed E-state index contributed by atoms with van der Waals surface area (Å²) in [5, 5.41) is 1.95. The van der Waals surface area contributed by atoms with Gasteiger partial charge < -0.3 is 4.18 Å². The van der Waals surface area contributed by atoms with Crippen LogP contribution in [0.1, 0.15) is 0 Å². The van der Waals surface area contributed by atoms with Crippen LogP contribution in [0.15, 0.2) is 71.2 Å². The standard InChI is InChI=1S/C17H11FN2O3S2/c18-13-3-7-15(8-4-13)25(21,22)23-14-5-1-12(2-6-14)16-11-20-9-10-24-17(20)19-16/h1-11H. The Kier molecular flexibility index (Phi) is 3.78. The predicted molar refractivity (Wildman–Crippen MR) is 92.7 cm³/mol. The van der Waals surface area contributed by atoms with Gasteiger partial charge in [0.05, 0.1) is 5.69 Å². The van der Waals surface area contributed by atoms with Gasteiger partial charge in [-0.05, 0) is 48.5 Å². The third-order valence-electron chi connectivity index (χ3n) is 3.55. The number of fused-ring (bicyclic) bond motifs is 1. The first-order valence-corrected chi connectivity index (χ1v) is 9.53. The van der Waals surface area contributed by atoms with E-state index in [0.29, 0.717) is 0 Å². The lowest BCUT2D eigenvalue weighted by Gasteiger charge is -2.07. The summed E-state index contributed by atoms with van der Waals surface area (Å²) in [6.45, 7) is 0. The monoisotopic (exact) mass is 374 g/mol. The zero-order valence-corrected chi connectivity index (χ0v) is 14.3. The van der Waals surface area contributed by atoms with Crippen LogP contribution < -0.4 is 4.18 Å². The summed E-state index contributed by atoms with van der Waals surface area (Å²) in [4.78, 5) is 5.27. The quantitative estimate of drug-likeness (QED) is 0.507. The molecular formula is C17H11FN2O3S2. The van der Waals surface area contributed by atoms with Gasteiger partial charge in [-0.1, -0.05) is 0 Å². The second-order valence-electron chi connectivity index (χ2n) is 5.23. The molecule has 2 aromatic heterocycles. The van der Waals surface area contributed by atoms with Crippen molar-refractivity contribution in [3.8, 4) is 17.0 Å². The Bertz CT molecular complexity index is 1100. The van der Waals surface area contributed by atoms with Gasteiger partial charge in [0.1, 0.15) is 16.5 Å². The number of rotatable bonds is 4. The Morgan fingerprint density at radius 3 is 2.44 bits per heavy atom. The van der Waals surface area contributed by atoms with E-state index in [1.165, 1.54) is 11.3 Å². The van der Waals surface area contributed by atoms with Crippen LogP contribution >= 0.6 is 11.3 Å². The first-order valence-electron chi connectivity index (χ1n) is 7.24. The summed E-state index contributed by atoms with van der Waals surface area (Å²) in [6, 6.07) is 11.1. The van der Waals surface area contributed by atoms with E-state index >= 15 is 0 Å². The van der Waals surface area contributed by atoms with E-state index in [9.17, 15) is 12.8 Å². The molecule has 0 unspecified atom stereocenters. The fourth-order valence-corrected chi connectivity index (χ4v) is 3.95. The van der Waals surface area contributed by atoms with Crippen LogP contribution in [0, 0.1) is 5.82 Å². The zero-order valence-electron chi connectivity index (χ0n) is 12.7. The zero-order chi connectivity index (χ0) is 17.4. The summed E-state index contributed by atoms with van der Waals surface area (Å²) in [7, 11) is -4.00. The molecule has 0 N–H and O–H groups in total. The van der Waals surface area contributed by atoms with Crippen molar-refractivity contribution in [2.45, 2.75) is 4.90 Å². The maximum Gasteiger partial charge on any atom is 0.339 e. The highest BCUT2D eigenvalue weighted by molar-refractivity contribution is 7.87. The number of nitrogens with zero attached hydrogens (tertiary/aromatic N) is 2. The molecule has 0 aliphatic rings. The highest BCUT2D eigenvalue weighted by atomic mass is 32.2. The Morgan fingerprint density at radius 1 is 1.04 bits per heavy atom. The van der Waals surface area contributed by atoms with Gasteiger partial charge in [-0.3, -0.25) is 4.40 Å². The molecule has 5 nitrogen and oxygen atoms in total.